The van der Waals surface area contributed by atoms with Crippen LogP contribution >= 0.6 is 0 Å². The normalized spacial score (nSPS) is 9.77. The van der Waals surface area contributed by atoms with Gasteiger partial charge in [-0.05, 0) is 25.5 Å². The standard InChI is InChI=1S/C9H14N4/c1-5-4-7(11)13-9(12-3)8(5)6(2)10/h4,10H,1-3H3,(H3,11,12,13). The van der Waals surface area contributed by atoms with Crippen LogP contribution in [0.25, 0.3) is 0 Å². The minimum absolute atomic E-state index is 0.479. The summed E-state index contributed by atoms with van der Waals surface area (Å²) in [5.74, 6) is 1.15. The molecule has 0 unspecified atom stereocenters. The highest BCUT2D eigenvalue weighted by Gasteiger charge is 2.08. The third-order valence-electron chi connectivity index (χ3n) is 1.85. The van der Waals surface area contributed by atoms with Crippen LogP contribution in [-0.2, 0) is 0 Å². The van der Waals surface area contributed by atoms with Crippen molar-refractivity contribution in [3.8, 4) is 0 Å². The van der Waals surface area contributed by atoms with Crippen molar-refractivity contribution >= 4 is 17.3 Å². The van der Waals surface area contributed by atoms with Gasteiger partial charge in [0.1, 0.15) is 11.6 Å². The number of anilines is 2. The maximum Gasteiger partial charge on any atom is 0.137 e. The largest absolute Gasteiger partial charge is 0.384 e. The van der Waals surface area contributed by atoms with E-state index in [2.05, 4.69) is 10.3 Å². The minimum atomic E-state index is 0.479. The number of nitrogen functional groups attached to an aromatic ring is 1. The maximum absolute atomic E-state index is 7.57. The van der Waals surface area contributed by atoms with Crippen molar-refractivity contribution in [2.75, 3.05) is 18.1 Å². The lowest BCUT2D eigenvalue weighted by molar-refractivity contribution is 1.24. The Hall–Kier alpha value is -1.58. The molecule has 4 N–H and O–H groups in total. The summed E-state index contributed by atoms with van der Waals surface area (Å²) in [5.41, 5.74) is 7.88. The Morgan fingerprint density at radius 2 is 2.23 bits per heavy atom. The van der Waals surface area contributed by atoms with Crippen molar-refractivity contribution in [1.82, 2.24) is 4.98 Å². The molecule has 0 aliphatic heterocycles. The van der Waals surface area contributed by atoms with Gasteiger partial charge in [-0.15, -0.1) is 0 Å². The van der Waals surface area contributed by atoms with Crippen molar-refractivity contribution in [3.05, 3.63) is 17.2 Å². The molecule has 0 radical (unpaired) electrons. The summed E-state index contributed by atoms with van der Waals surface area (Å²) in [6, 6.07) is 1.77. The Bertz CT molecular complexity index is 344. The second kappa shape index (κ2) is 3.43. The van der Waals surface area contributed by atoms with E-state index in [1.165, 1.54) is 0 Å². The molecular formula is C9H14N4. The number of nitrogens with one attached hydrogen (secondary N) is 2. The summed E-state index contributed by atoms with van der Waals surface area (Å²) in [4.78, 5) is 4.10. The molecule has 0 amide bonds. The Morgan fingerprint density at radius 1 is 1.62 bits per heavy atom. The van der Waals surface area contributed by atoms with E-state index in [0.29, 0.717) is 17.3 Å². The topological polar surface area (TPSA) is 74.8 Å². The molecule has 0 fully saturated rings. The zero-order valence-corrected chi connectivity index (χ0v) is 8.10. The molecule has 1 rings (SSSR count). The number of aromatic nitrogens is 1. The van der Waals surface area contributed by atoms with Crippen LogP contribution in [0.4, 0.5) is 11.6 Å². The van der Waals surface area contributed by atoms with Crippen molar-refractivity contribution in [2.45, 2.75) is 13.8 Å². The van der Waals surface area contributed by atoms with E-state index in [9.17, 15) is 0 Å². The quantitative estimate of drug-likeness (QED) is 0.599. The van der Waals surface area contributed by atoms with Crippen LogP contribution in [0.5, 0.6) is 0 Å². The molecule has 1 aromatic heterocycles. The van der Waals surface area contributed by atoms with Crippen LogP contribution in [0.1, 0.15) is 18.1 Å². The molecule has 0 aromatic carbocycles. The van der Waals surface area contributed by atoms with Gasteiger partial charge < -0.3 is 16.5 Å². The Kier molecular flexibility index (Phi) is 2.51. The summed E-state index contributed by atoms with van der Waals surface area (Å²) in [6.07, 6.45) is 0. The molecule has 4 heteroatoms. The average molecular weight is 178 g/mol. The molecular weight excluding hydrogens is 164 g/mol. The van der Waals surface area contributed by atoms with Crippen LogP contribution in [0, 0.1) is 12.3 Å². The number of aryl methyl sites for hydroxylation is 1. The lowest BCUT2D eigenvalue weighted by Crippen LogP contribution is -2.07. The number of rotatable bonds is 2. The first-order chi connectivity index (χ1) is 6.06. The van der Waals surface area contributed by atoms with Gasteiger partial charge in [-0.2, -0.15) is 0 Å². The summed E-state index contributed by atoms with van der Waals surface area (Å²) in [7, 11) is 1.77. The number of hydrogen-bond acceptors (Lipinski definition) is 4. The maximum atomic E-state index is 7.57. The lowest BCUT2D eigenvalue weighted by Gasteiger charge is -2.10. The molecule has 0 bridgehead atoms. The van der Waals surface area contributed by atoms with Crippen molar-refractivity contribution in [1.29, 1.82) is 5.41 Å². The van der Waals surface area contributed by atoms with Crippen molar-refractivity contribution in [2.24, 2.45) is 0 Å². The first kappa shape index (κ1) is 9.51. The van der Waals surface area contributed by atoms with E-state index < -0.39 is 0 Å². The predicted octanol–water partition coefficient (Wildman–Crippen LogP) is 1.40. The van der Waals surface area contributed by atoms with Gasteiger partial charge in [-0.25, -0.2) is 4.98 Å². The van der Waals surface area contributed by atoms with Gasteiger partial charge in [0.05, 0.1) is 0 Å². The predicted molar refractivity (Wildman–Crippen MR) is 55.4 cm³/mol. The van der Waals surface area contributed by atoms with Gasteiger partial charge in [-0.3, -0.25) is 0 Å². The summed E-state index contributed by atoms with van der Waals surface area (Å²) in [6.45, 7) is 3.66. The SMILES string of the molecule is CNc1nc(N)cc(C)c1C(C)=N. The molecule has 0 saturated carbocycles. The smallest absolute Gasteiger partial charge is 0.137 e. The highest BCUT2D eigenvalue weighted by molar-refractivity contribution is 6.02. The van der Waals surface area contributed by atoms with E-state index in [0.717, 1.165) is 11.1 Å². The number of hydrogen-bond donors (Lipinski definition) is 3. The summed E-state index contributed by atoms with van der Waals surface area (Å²) >= 11 is 0. The van der Waals surface area contributed by atoms with Crippen LogP contribution in [-0.4, -0.2) is 17.7 Å². The Morgan fingerprint density at radius 3 is 2.69 bits per heavy atom. The fourth-order valence-corrected chi connectivity index (χ4v) is 1.35. The highest BCUT2D eigenvalue weighted by Crippen LogP contribution is 2.19. The van der Waals surface area contributed by atoms with E-state index in [4.69, 9.17) is 11.1 Å². The van der Waals surface area contributed by atoms with E-state index in [-0.39, 0.29) is 0 Å². The van der Waals surface area contributed by atoms with Crippen LogP contribution < -0.4 is 11.1 Å². The second-order valence-electron chi connectivity index (χ2n) is 2.96. The summed E-state index contributed by atoms with van der Waals surface area (Å²) in [5, 5.41) is 10.5. The first-order valence-electron chi connectivity index (χ1n) is 4.06. The average Bonchev–Trinajstić information content (AvgIpc) is 2.01. The Balaban J connectivity index is 3.38. The van der Waals surface area contributed by atoms with E-state index in [1.807, 2.05) is 6.92 Å². The molecule has 0 aliphatic rings. The highest BCUT2D eigenvalue weighted by atomic mass is 15.0. The van der Waals surface area contributed by atoms with Crippen LogP contribution in [0.3, 0.4) is 0 Å². The van der Waals surface area contributed by atoms with Gasteiger partial charge in [0.25, 0.3) is 0 Å². The van der Waals surface area contributed by atoms with Crippen LogP contribution in [0.2, 0.25) is 0 Å². The monoisotopic (exact) mass is 178 g/mol. The number of pyridine rings is 1. The zero-order chi connectivity index (χ0) is 10.0. The zero-order valence-electron chi connectivity index (χ0n) is 8.10. The van der Waals surface area contributed by atoms with Crippen molar-refractivity contribution in [3.63, 3.8) is 0 Å². The lowest BCUT2D eigenvalue weighted by atomic mass is 10.1. The fraction of sp³-hybridized carbons (Fsp3) is 0.333. The molecule has 0 saturated heterocycles. The van der Waals surface area contributed by atoms with Gasteiger partial charge in [0, 0.05) is 18.3 Å². The van der Waals surface area contributed by atoms with Gasteiger partial charge >= 0.3 is 0 Å². The van der Waals surface area contributed by atoms with Crippen LogP contribution in [0.15, 0.2) is 6.07 Å². The molecule has 13 heavy (non-hydrogen) atoms. The molecule has 70 valence electrons. The third kappa shape index (κ3) is 1.77. The number of nitrogens with zero attached hydrogens (tertiary/aromatic N) is 1. The van der Waals surface area contributed by atoms with Gasteiger partial charge in [0.15, 0.2) is 0 Å². The molecule has 1 heterocycles. The van der Waals surface area contributed by atoms with Gasteiger partial charge in [-0.1, -0.05) is 0 Å². The fourth-order valence-electron chi connectivity index (χ4n) is 1.35. The first-order valence-corrected chi connectivity index (χ1v) is 4.06. The molecule has 0 spiro atoms. The van der Waals surface area contributed by atoms with E-state index in [1.54, 1.807) is 20.0 Å². The Labute approximate surface area is 77.7 Å². The van der Waals surface area contributed by atoms with E-state index >= 15 is 0 Å². The second-order valence-corrected chi connectivity index (χ2v) is 2.96. The molecule has 4 nitrogen and oxygen atoms in total. The van der Waals surface area contributed by atoms with Gasteiger partial charge in [0.2, 0.25) is 0 Å². The van der Waals surface area contributed by atoms with Crippen molar-refractivity contribution < 1.29 is 0 Å². The molecule has 1 aromatic rings. The number of nitrogens with two attached hydrogens (primary N) is 1. The minimum Gasteiger partial charge on any atom is -0.384 e. The summed E-state index contributed by atoms with van der Waals surface area (Å²) < 4.78 is 0. The molecule has 0 aliphatic carbocycles. The molecule has 0 atom stereocenters. The third-order valence-corrected chi connectivity index (χ3v) is 1.85.